The maximum atomic E-state index is 13.1. The van der Waals surface area contributed by atoms with E-state index in [-0.39, 0.29) is 65.9 Å². The molecule has 0 aliphatic carbocycles. The molecule has 9 nitrogen and oxygen atoms in total. The predicted octanol–water partition coefficient (Wildman–Crippen LogP) is -1.39. The molecule has 1 saturated heterocycles. The van der Waals surface area contributed by atoms with Crippen LogP contribution in [0.3, 0.4) is 0 Å². The van der Waals surface area contributed by atoms with Crippen molar-refractivity contribution in [2.24, 2.45) is 5.29 Å². The van der Waals surface area contributed by atoms with Crippen LogP contribution in [0.5, 0.6) is 0 Å². The van der Waals surface area contributed by atoms with Crippen LogP contribution in [0.1, 0.15) is 0 Å². The molecule has 1 heterocycles. The molecule has 1 fully saturated rings. The Kier molecular flexibility index (Phi) is 7.20. The van der Waals surface area contributed by atoms with Crippen molar-refractivity contribution in [2.45, 2.75) is 4.90 Å². The van der Waals surface area contributed by atoms with Gasteiger partial charge < -0.3 is 10.1 Å². The van der Waals surface area contributed by atoms with E-state index in [2.05, 4.69) is 5.29 Å². The zero-order chi connectivity index (χ0) is 18.9. The monoisotopic (exact) mass is 401 g/mol. The number of sulfonamides is 1. The second-order valence-electron chi connectivity index (χ2n) is 6.21. The number of piperazine rings is 1. The molecule has 27 heavy (non-hydrogen) atoms. The first kappa shape index (κ1) is 22.0. The first-order valence-electron chi connectivity index (χ1n) is 8.11. The fraction of sp³-hybridized carbons (Fsp3) is 0.375. The van der Waals surface area contributed by atoms with E-state index in [1.54, 1.807) is 18.2 Å². The van der Waals surface area contributed by atoms with Gasteiger partial charge in [0.1, 0.15) is 0 Å². The van der Waals surface area contributed by atoms with Crippen LogP contribution >= 0.6 is 0 Å². The summed E-state index contributed by atoms with van der Waals surface area (Å²) in [5, 5.41) is 16.2. The van der Waals surface area contributed by atoms with Gasteiger partial charge in [-0.2, -0.15) is 4.31 Å². The second kappa shape index (κ2) is 8.82. The van der Waals surface area contributed by atoms with Gasteiger partial charge in [0.25, 0.3) is 0 Å². The summed E-state index contributed by atoms with van der Waals surface area (Å²) in [5.74, 6) is 0. The van der Waals surface area contributed by atoms with Crippen LogP contribution in [0.15, 0.2) is 46.6 Å². The summed E-state index contributed by atoms with van der Waals surface area (Å²) in [6.07, 6.45) is 0. The summed E-state index contributed by atoms with van der Waals surface area (Å²) in [7, 11) is 0.0872. The van der Waals surface area contributed by atoms with Crippen LogP contribution < -0.4 is 34.5 Å². The summed E-state index contributed by atoms with van der Waals surface area (Å²) in [6.45, 7) is 0.449. The van der Waals surface area contributed by atoms with E-state index in [1.165, 1.54) is 9.31 Å². The number of hydrazine groups is 1. The molecule has 0 amide bonds. The van der Waals surface area contributed by atoms with Gasteiger partial charge in [0, 0.05) is 56.7 Å². The SMILES string of the molecule is CN(C)c1cccc2c(S(=O)(=O)N3CCN(N([O-])N=O)CC3)cccc12.[Na+]. The summed E-state index contributed by atoms with van der Waals surface area (Å²) < 4.78 is 27.6. The fourth-order valence-electron chi connectivity index (χ4n) is 3.16. The van der Waals surface area contributed by atoms with Crippen molar-refractivity contribution in [3.05, 3.63) is 46.5 Å². The standard InChI is InChI=1S/C16H20N5O4S.Na/c1-18(2)15-7-3-6-14-13(15)5-4-8-16(14)26(24,25)20-11-9-19(10-12-20)21(23)17-22;/h3-8H,9-12H2,1-2H3;/q-1;+1. The summed E-state index contributed by atoms with van der Waals surface area (Å²) >= 11 is 0. The fourth-order valence-corrected chi connectivity index (χ4v) is 4.79. The van der Waals surface area contributed by atoms with Crippen LogP contribution in [0.4, 0.5) is 5.69 Å². The maximum Gasteiger partial charge on any atom is 1.00 e. The minimum Gasteiger partial charge on any atom is -0.724 e. The van der Waals surface area contributed by atoms with Crippen LogP contribution in [-0.4, -0.2) is 63.3 Å². The van der Waals surface area contributed by atoms with Crippen molar-refractivity contribution < 1.29 is 38.0 Å². The molecule has 2 aromatic carbocycles. The first-order chi connectivity index (χ1) is 12.4. The van der Waals surface area contributed by atoms with Crippen molar-refractivity contribution in [3.63, 3.8) is 0 Å². The largest absolute Gasteiger partial charge is 1.00 e. The van der Waals surface area contributed by atoms with Gasteiger partial charge in [-0.3, -0.25) is 5.28 Å². The number of nitrogens with zero attached hydrogens (tertiary/aromatic N) is 5. The van der Waals surface area contributed by atoms with Gasteiger partial charge in [0.15, 0.2) is 0 Å². The molecule has 3 rings (SSSR count). The van der Waals surface area contributed by atoms with Crippen LogP contribution in [0, 0.1) is 10.1 Å². The molecule has 0 radical (unpaired) electrons. The molecular formula is C16H20N5NaO4S. The Morgan fingerprint density at radius 1 is 1.00 bits per heavy atom. The number of benzene rings is 2. The quantitative estimate of drug-likeness (QED) is 0.346. The van der Waals surface area contributed by atoms with Crippen molar-refractivity contribution in [1.82, 2.24) is 14.6 Å². The third-order valence-electron chi connectivity index (χ3n) is 4.49. The van der Waals surface area contributed by atoms with E-state index >= 15 is 0 Å². The molecule has 0 bridgehead atoms. The maximum absolute atomic E-state index is 13.1. The average Bonchev–Trinajstić information content (AvgIpc) is 2.66. The van der Waals surface area contributed by atoms with Gasteiger partial charge in [-0.1, -0.05) is 24.3 Å². The molecule has 0 aromatic heterocycles. The van der Waals surface area contributed by atoms with Crippen molar-refractivity contribution in [3.8, 4) is 0 Å². The molecule has 0 atom stereocenters. The Hall–Kier alpha value is -1.27. The number of rotatable bonds is 5. The van der Waals surface area contributed by atoms with Crippen molar-refractivity contribution >= 4 is 26.5 Å². The van der Waals surface area contributed by atoms with Gasteiger partial charge in [-0.15, -0.1) is 4.91 Å². The molecule has 0 unspecified atom stereocenters. The molecule has 0 N–H and O–H groups in total. The van der Waals surface area contributed by atoms with Crippen molar-refractivity contribution in [1.29, 1.82) is 0 Å². The number of fused-ring (bicyclic) bond motifs is 1. The van der Waals surface area contributed by atoms with Crippen molar-refractivity contribution in [2.75, 3.05) is 45.2 Å². The predicted molar refractivity (Wildman–Crippen MR) is 99.6 cm³/mol. The zero-order valence-electron chi connectivity index (χ0n) is 15.6. The molecule has 11 heteroatoms. The number of hydrogen-bond acceptors (Lipinski definition) is 7. The molecule has 1 aliphatic heterocycles. The van der Waals surface area contributed by atoms with E-state index < -0.39 is 10.0 Å². The topological polar surface area (TPSA) is 99.6 Å². The van der Waals surface area contributed by atoms with Crippen LogP contribution in [0.2, 0.25) is 0 Å². The van der Waals surface area contributed by atoms with Gasteiger partial charge in [-0.25, -0.2) is 13.4 Å². The summed E-state index contributed by atoms with van der Waals surface area (Å²) in [4.78, 5) is 12.5. The minimum absolute atomic E-state index is 0. The number of hydrogen-bond donors (Lipinski definition) is 0. The summed E-state index contributed by atoms with van der Waals surface area (Å²) in [6, 6.07) is 10.8. The van der Waals surface area contributed by atoms with E-state index in [0.717, 1.165) is 11.1 Å². The molecule has 140 valence electrons. The van der Waals surface area contributed by atoms with Crippen LogP contribution in [0.25, 0.3) is 10.8 Å². The van der Waals surface area contributed by atoms with E-state index in [4.69, 9.17) is 0 Å². The number of anilines is 1. The Balaban J connectivity index is 0.00000261. The second-order valence-corrected chi connectivity index (χ2v) is 8.12. The summed E-state index contributed by atoms with van der Waals surface area (Å²) in [5.41, 5.74) is 0.934. The normalized spacial score (nSPS) is 16.0. The van der Waals surface area contributed by atoms with Gasteiger partial charge in [0.2, 0.25) is 10.0 Å². The minimum atomic E-state index is -3.73. The molecule has 0 spiro atoms. The first-order valence-corrected chi connectivity index (χ1v) is 9.55. The van der Waals surface area contributed by atoms with E-state index in [9.17, 15) is 18.5 Å². The number of nitroso groups, excluding NO2 is 1. The van der Waals surface area contributed by atoms with Crippen LogP contribution in [-0.2, 0) is 10.0 Å². The van der Waals surface area contributed by atoms with Gasteiger partial charge >= 0.3 is 29.6 Å². The van der Waals surface area contributed by atoms with Gasteiger partial charge in [0.05, 0.1) is 10.2 Å². The Bertz CT molecular complexity index is 916. The smallest absolute Gasteiger partial charge is 0.724 e. The molecule has 2 aromatic rings. The van der Waals surface area contributed by atoms with E-state index in [0.29, 0.717) is 5.39 Å². The van der Waals surface area contributed by atoms with E-state index in [1.807, 2.05) is 37.2 Å². The average molecular weight is 401 g/mol. The Morgan fingerprint density at radius 3 is 2.19 bits per heavy atom. The molecular weight excluding hydrogens is 381 g/mol. The third-order valence-corrected chi connectivity index (χ3v) is 6.44. The Morgan fingerprint density at radius 2 is 1.59 bits per heavy atom. The van der Waals surface area contributed by atoms with Gasteiger partial charge in [-0.05, 0) is 12.1 Å². The third kappa shape index (κ3) is 4.27. The zero-order valence-corrected chi connectivity index (χ0v) is 18.4. The molecule has 1 aliphatic rings. The Labute approximate surface area is 180 Å². The molecule has 0 saturated carbocycles.